The molecule has 0 radical (unpaired) electrons. The van der Waals surface area contributed by atoms with Crippen LogP contribution >= 0.6 is 21.6 Å². The lowest BCUT2D eigenvalue weighted by Crippen LogP contribution is -2.32. The van der Waals surface area contributed by atoms with E-state index in [-0.39, 0.29) is 0 Å². The summed E-state index contributed by atoms with van der Waals surface area (Å²) in [4.78, 5) is 2.47. The van der Waals surface area contributed by atoms with Crippen LogP contribution in [0.2, 0.25) is 0 Å². The molecule has 0 aliphatic carbocycles. The van der Waals surface area contributed by atoms with Gasteiger partial charge in [0.05, 0.1) is 0 Å². The van der Waals surface area contributed by atoms with Crippen LogP contribution in [0, 0.1) is 0 Å². The second kappa shape index (κ2) is 4.94. The van der Waals surface area contributed by atoms with Crippen molar-refractivity contribution in [2.45, 2.75) is 0 Å². The first-order chi connectivity index (χ1) is 6.86. The van der Waals surface area contributed by atoms with E-state index < -0.39 is 0 Å². The third-order valence-electron chi connectivity index (χ3n) is 2.26. The van der Waals surface area contributed by atoms with E-state index in [4.69, 9.17) is 0 Å². The van der Waals surface area contributed by atoms with Crippen molar-refractivity contribution >= 4 is 27.3 Å². The molecule has 1 fully saturated rings. The van der Waals surface area contributed by atoms with Crippen LogP contribution in [-0.2, 0) is 7.05 Å². The van der Waals surface area contributed by atoms with Crippen LogP contribution in [0.25, 0.3) is 0 Å². The Morgan fingerprint density at radius 1 is 1.29 bits per heavy atom. The Morgan fingerprint density at radius 2 is 2.00 bits per heavy atom. The normalized spacial score (nSPS) is 17.9. The molecule has 2 rings (SSSR count). The van der Waals surface area contributed by atoms with Gasteiger partial charge >= 0.3 is 0 Å². The molecular formula is C10H15N2S2+. The highest BCUT2D eigenvalue weighted by Gasteiger charge is 2.11. The Kier molecular flexibility index (Phi) is 3.59. The maximum Gasteiger partial charge on any atom is 0.192 e. The molecule has 0 bridgehead atoms. The van der Waals surface area contributed by atoms with Crippen LogP contribution in [-0.4, -0.2) is 24.6 Å². The minimum Gasteiger partial charge on any atom is -0.365 e. The molecule has 0 aromatic carbocycles. The first-order valence-corrected chi connectivity index (χ1v) is 7.30. The van der Waals surface area contributed by atoms with Gasteiger partial charge in [-0.1, -0.05) is 21.6 Å². The SMILES string of the molecule is C[n+]1cccc(N2CCSSCC2)c1. The molecule has 0 spiro atoms. The lowest BCUT2D eigenvalue weighted by Gasteiger charge is -2.19. The fraction of sp³-hybridized carbons (Fsp3) is 0.500. The van der Waals surface area contributed by atoms with Gasteiger partial charge in [-0.05, 0) is 6.07 Å². The van der Waals surface area contributed by atoms with Crippen LogP contribution in [0.1, 0.15) is 0 Å². The van der Waals surface area contributed by atoms with Crippen LogP contribution in [0.3, 0.4) is 0 Å². The van der Waals surface area contributed by atoms with Crippen molar-refractivity contribution in [3.8, 4) is 0 Å². The van der Waals surface area contributed by atoms with E-state index in [2.05, 4.69) is 41.0 Å². The maximum absolute atomic E-state index is 2.47. The molecule has 4 heteroatoms. The number of hydrogen-bond donors (Lipinski definition) is 0. The predicted molar refractivity (Wildman–Crippen MR) is 64.7 cm³/mol. The van der Waals surface area contributed by atoms with Crippen LogP contribution in [0.4, 0.5) is 5.69 Å². The molecule has 0 N–H and O–H groups in total. The third kappa shape index (κ3) is 2.58. The number of aryl methyl sites for hydroxylation is 1. The summed E-state index contributed by atoms with van der Waals surface area (Å²) in [5, 5.41) is 0. The predicted octanol–water partition coefficient (Wildman–Crippen LogP) is 1.71. The Balaban J connectivity index is 2.12. The van der Waals surface area contributed by atoms with Crippen molar-refractivity contribution in [1.82, 2.24) is 0 Å². The molecule has 1 aliphatic rings. The van der Waals surface area contributed by atoms with Crippen LogP contribution < -0.4 is 9.47 Å². The van der Waals surface area contributed by atoms with E-state index in [0.29, 0.717) is 0 Å². The van der Waals surface area contributed by atoms with E-state index >= 15 is 0 Å². The summed E-state index contributed by atoms with van der Waals surface area (Å²) in [7, 11) is 6.05. The molecule has 2 heterocycles. The number of nitrogens with zero attached hydrogens (tertiary/aromatic N) is 2. The first kappa shape index (κ1) is 10.2. The van der Waals surface area contributed by atoms with E-state index in [0.717, 1.165) is 0 Å². The van der Waals surface area contributed by atoms with Gasteiger partial charge in [-0.2, -0.15) is 0 Å². The van der Waals surface area contributed by atoms with Crippen LogP contribution in [0.15, 0.2) is 24.5 Å². The second-order valence-electron chi connectivity index (χ2n) is 3.36. The molecule has 76 valence electrons. The monoisotopic (exact) mass is 227 g/mol. The van der Waals surface area contributed by atoms with Crippen molar-refractivity contribution in [1.29, 1.82) is 0 Å². The molecule has 0 amide bonds. The zero-order valence-electron chi connectivity index (χ0n) is 8.35. The highest BCUT2D eigenvalue weighted by atomic mass is 33.1. The molecule has 2 nitrogen and oxygen atoms in total. The Bertz CT molecular complexity index is 296. The summed E-state index contributed by atoms with van der Waals surface area (Å²) in [6.45, 7) is 2.34. The van der Waals surface area contributed by atoms with Crippen molar-refractivity contribution in [2.75, 3.05) is 29.5 Å². The summed E-state index contributed by atoms with van der Waals surface area (Å²) in [5.74, 6) is 2.45. The fourth-order valence-electron chi connectivity index (χ4n) is 1.54. The summed E-state index contributed by atoms with van der Waals surface area (Å²) >= 11 is 0. The molecule has 0 unspecified atom stereocenters. The molecule has 1 aromatic heterocycles. The largest absolute Gasteiger partial charge is 0.365 e. The van der Waals surface area contributed by atoms with E-state index in [1.807, 2.05) is 21.6 Å². The lowest BCUT2D eigenvalue weighted by atomic mass is 10.3. The average Bonchev–Trinajstić information content (AvgIpc) is 2.45. The van der Waals surface area contributed by atoms with Gasteiger partial charge in [0.2, 0.25) is 0 Å². The van der Waals surface area contributed by atoms with Gasteiger partial charge in [0.25, 0.3) is 0 Å². The second-order valence-corrected chi connectivity index (χ2v) is 6.06. The van der Waals surface area contributed by atoms with Gasteiger partial charge in [-0.3, -0.25) is 0 Å². The molecule has 0 atom stereocenters. The van der Waals surface area contributed by atoms with E-state index in [1.165, 1.54) is 30.3 Å². The highest BCUT2D eigenvalue weighted by Crippen LogP contribution is 2.25. The van der Waals surface area contributed by atoms with Gasteiger partial charge in [0.15, 0.2) is 12.4 Å². The van der Waals surface area contributed by atoms with Crippen molar-refractivity contribution in [3.63, 3.8) is 0 Å². The Labute approximate surface area is 93.1 Å². The maximum atomic E-state index is 2.47. The molecular weight excluding hydrogens is 212 g/mol. The lowest BCUT2D eigenvalue weighted by molar-refractivity contribution is -0.670. The minimum absolute atomic E-state index is 1.17. The fourth-order valence-corrected chi connectivity index (χ4v) is 3.52. The number of hydrogen-bond acceptors (Lipinski definition) is 3. The number of rotatable bonds is 1. The van der Waals surface area contributed by atoms with E-state index in [9.17, 15) is 0 Å². The quantitative estimate of drug-likeness (QED) is 0.533. The van der Waals surface area contributed by atoms with Crippen molar-refractivity contribution in [2.24, 2.45) is 7.05 Å². The van der Waals surface area contributed by atoms with Crippen molar-refractivity contribution in [3.05, 3.63) is 24.5 Å². The molecule has 1 saturated heterocycles. The smallest absolute Gasteiger partial charge is 0.192 e. The molecule has 0 saturated carbocycles. The van der Waals surface area contributed by atoms with Gasteiger partial charge in [0, 0.05) is 30.7 Å². The van der Waals surface area contributed by atoms with Crippen molar-refractivity contribution < 1.29 is 4.57 Å². The topological polar surface area (TPSA) is 7.12 Å². The highest BCUT2D eigenvalue weighted by molar-refractivity contribution is 8.76. The number of anilines is 1. The summed E-state index contributed by atoms with van der Waals surface area (Å²) in [5.41, 5.74) is 1.35. The minimum atomic E-state index is 1.17. The van der Waals surface area contributed by atoms with Gasteiger partial charge in [-0.25, -0.2) is 4.57 Å². The zero-order chi connectivity index (χ0) is 9.80. The molecule has 1 aliphatic heterocycles. The first-order valence-electron chi connectivity index (χ1n) is 4.81. The number of pyridine rings is 1. The molecule has 14 heavy (non-hydrogen) atoms. The summed E-state index contributed by atoms with van der Waals surface area (Å²) in [6.07, 6.45) is 4.27. The third-order valence-corrected chi connectivity index (χ3v) is 4.63. The average molecular weight is 227 g/mol. The van der Waals surface area contributed by atoms with Gasteiger partial charge < -0.3 is 4.90 Å². The molecule has 1 aromatic rings. The van der Waals surface area contributed by atoms with Gasteiger partial charge in [-0.15, -0.1) is 0 Å². The zero-order valence-corrected chi connectivity index (χ0v) is 9.98. The van der Waals surface area contributed by atoms with E-state index in [1.54, 1.807) is 0 Å². The van der Waals surface area contributed by atoms with Gasteiger partial charge in [0.1, 0.15) is 12.7 Å². The summed E-state index contributed by atoms with van der Waals surface area (Å²) in [6, 6.07) is 4.31. The Hall–Kier alpha value is -0.350. The Morgan fingerprint density at radius 3 is 2.64 bits per heavy atom. The number of aromatic nitrogens is 1. The summed E-state index contributed by atoms with van der Waals surface area (Å²) < 4.78 is 2.11. The standard InChI is InChI=1S/C10H15N2S2/c1-11-4-2-3-10(9-11)12-5-7-13-14-8-6-12/h2-4,9H,5-8H2,1H3/q+1. The van der Waals surface area contributed by atoms with Crippen LogP contribution in [0.5, 0.6) is 0 Å².